The lowest BCUT2D eigenvalue weighted by atomic mass is 9.93. The van der Waals surface area contributed by atoms with Gasteiger partial charge in [-0.3, -0.25) is 0 Å². The summed E-state index contributed by atoms with van der Waals surface area (Å²) in [7, 11) is 1.66. The Hall–Kier alpha value is -1.44. The average Bonchev–Trinajstić information content (AvgIpc) is 2.54. The Morgan fingerprint density at radius 2 is 2.27 bits per heavy atom. The number of hydrogen-bond donors (Lipinski definition) is 0. The molecule has 1 aromatic rings. The average molecular weight is 204 g/mol. The molecule has 2 rings (SSSR count). The van der Waals surface area contributed by atoms with Gasteiger partial charge in [0, 0.05) is 12.5 Å². The molecule has 1 aliphatic rings. The minimum Gasteiger partial charge on any atom is -0.497 e. The fourth-order valence-electron chi connectivity index (χ4n) is 1.78. The Bertz CT molecular complexity index is 409. The summed E-state index contributed by atoms with van der Waals surface area (Å²) in [5.74, 6) is 1.75. The van der Waals surface area contributed by atoms with Crippen LogP contribution in [-0.4, -0.2) is 12.7 Å². The number of hydrogen-bond acceptors (Lipinski definition) is 2. The molecule has 0 radical (unpaired) electrons. The van der Waals surface area contributed by atoms with Crippen molar-refractivity contribution in [2.24, 2.45) is 0 Å². The second-order valence-corrected chi connectivity index (χ2v) is 4.26. The minimum atomic E-state index is -0.255. The Morgan fingerprint density at radius 1 is 1.53 bits per heavy atom. The molecule has 0 unspecified atom stereocenters. The summed E-state index contributed by atoms with van der Waals surface area (Å²) >= 11 is 0. The molecule has 1 aromatic carbocycles. The topological polar surface area (TPSA) is 18.5 Å². The summed E-state index contributed by atoms with van der Waals surface area (Å²) in [6, 6.07) is 5.96. The van der Waals surface area contributed by atoms with Crippen molar-refractivity contribution in [1.82, 2.24) is 0 Å². The van der Waals surface area contributed by atoms with Crippen molar-refractivity contribution in [1.29, 1.82) is 0 Å². The van der Waals surface area contributed by atoms with Crippen LogP contribution >= 0.6 is 0 Å². The van der Waals surface area contributed by atoms with E-state index in [0.717, 1.165) is 23.5 Å². The van der Waals surface area contributed by atoms with Crippen molar-refractivity contribution >= 4 is 0 Å². The minimum absolute atomic E-state index is 0.255. The first-order valence-electron chi connectivity index (χ1n) is 5.07. The van der Waals surface area contributed by atoms with Gasteiger partial charge in [0.25, 0.3) is 0 Å². The maximum Gasteiger partial charge on any atom is 0.131 e. The van der Waals surface area contributed by atoms with Crippen molar-refractivity contribution in [3.8, 4) is 11.5 Å². The molecular weight excluding hydrogens is 188 g/mol. The van der Waals surface area contributed by atoms with E-state index in [0.29, 0.717) is 0 Å². The molecule has 2 nitrogen and oxygen atoms in total. The Morgan fingerprint density at radius 3 is 2.87 bits per heavy atom. The Kier molecular flexibility index (Phi) is 2.22. The molecule has 0 N–H and O–H groups in total. The summed E-state index contributed by atoms with van der Waals surface area (Å²) in [4.78, 5) is 0. The largest absolute Gasteiger partial charge is 0.497 e. The predicted octanol–water partition coefficient (Wildman–Crippen LogP) is 2.96. The molecule has 0 aliphatic carbocycles. The van der Waals surface area contributed by atoms with E-state index in [1.165, 1.54) is 5.56 Å². The molecule has 15 heavy (non-hydrogen) atoms. The molecule has 0 aromatic heterocycles. The maximum atomic E-state index is 5.92. The summed E-state index contributed by atoms with van der Waals surface area (Å²) in [5.41, 5.74) is 2.02. The number of ether oxygens (including phenoxy) is 2. The Balaban J connectivity index is 2.35. The van der Waals surface area contributed by atoms with Gasteiger partial charge in [0.15, 0.2) is 0 Å². The lowest BCUT2D eigenvalue weighted by Gasteiger charge is -2.24. The van der Waals surface area contributed by atoms with E-state index in [-0.39, 0.29) is 5.60 Å². The SMILES string of the molecule is C=C(C)[C@]1(C)Cc2ccc(OC)cc2O1. The van der Waals surface area contributed by atoms with E-state index in [9.17, 15) is 0 Å². The summed E-state index contributed by atoms with van der Waals surface area (Å²) in [6.07, 6.45) is 0.891. The molecule has 0 saturated carbocycles. The van der Waals surface area contributed by atoms with Crippen molar-refractivity contribution in [2.75, 3.05) is 7.11 Å². The highest BCUT2D eigenvalue weighted by molar-refractivity contribution is 5.46. The molecule has 0 spiro atoms. The molecule has 2 heteroatoms. The smallest absolute Gasteiger partial charge is 0.131 e. The first-order valence-corrected chi connectivity index (χ1v) is 5.07. The fraction of sp³-hybridized carbons (Fsp3) is 0.385. The summed E-state index contributed by atoms with van der Waals surface area (Å²) < 4.78 is 11.1. The van der Waals surface area contributed by atoms with Gasteiger partial charge >= 0.3 is 0 Å². The fourth-order valence-corrected chi connectivity index (χ4v) is 1.78. The summed E-state index contributed by atoms with van der Waals surface area (Å²) in [6.45, 7) is 8.05. The van der Waals surface area contributed by atoms with Crippen molar-refractivity contribution < 1.29 is 9.47 Å². The second-order valence-electron chi connectivity index (χ2n) is 4.26. The van der Waals surface area contributed by atoms with E-state index >= 15 is 0 Å². The zero-order valence-corrected chi connectivity index (χ0v) is 9.46. The van der Waals surface area contributed by atoms with E-state index < -0.39 is 0 Å². The predicted molar refractivity (Wildman–Crippen MR) is 60.5 cm³/mol. The third kappa shape index (κ3) is 1.60. The number of benzene rings is 1. The van der Waals surface area contributed by atoms with Crippen molar-refractivity contribution in [2.45, 2.75) is 25.9 Å². The third-order valence-electron chi connectivity index (χ3n) is 3.04. The first-order chi connectivity index (χ1) is 7.05. The Labute approximate surface area is 90.5 Å². The van der Waals surface area contributed by atoms with Crippen LogP contribution in [-0.2, 0) is 6.42 Å². The monoisotopic (exact) mass is 204 g/mol. The van der Waals surface area contributed by atoms with Gasteiger partial charge in [-0.1, -0.05) is 12.6 Å². The molecule has 80 valence electrons. The van der Waals surface area contributed by atoms with Crippen LogP contribution < -0.4 is 9.47 Å². The molecule has 1 heterocycles. The van der Waals surface area contributed by atoms with Gasteiger partial charge in [0.1, 0.15) is 17.1 Å². The van der Waals surface area contributed by atoms with Crippen LogP contribution in [0.4, 0.5) is 0 Å². The van der Waals surface area contributed by atoms with Gasteiger partial charge in [-0.15, -0.1) is 0 Å². The van der Waals surface area contributed by atoms with Gasteiger partial charge in [-0.05, 0) is 31.1 Å². The molecule has 0 saturated heterocycles. The van der Waals surface area contributed by atoms with Crippen molar-refractivity contribution in [3.05, 3.63) is 35.9 Å². The number of fused-ring (bicyclic) bond motifs is 1. The van der Waals surface area contributed by atoms with E-state index in [1.807, 2.05) is 19.1 Å². The lowest BCUT2D eigenvalue weighted by Crippen LogP contribution is -2.30. The normalized spacial score (nSPS) is 23.1. The molecule has 0 amide bonds. The quantitative estimate of drug-likeness (QED) is 0.689. The van der Waals surface area contributed by atoms with Crippen LogP contribution in [0.5, 0.6) is 11.5 Å². The van der Waals surface area contributed by atoms with Gasteiger partial charge in [0.05, 0.1) is 7.11 Å². The first kappa shape index (κ1) is 10.1. The molecule has 1 aliphatic heterocycles. The highest BCUT2D eigenvalue weighted by Gasteiger charge is 2.35. The highest BCUT2D eigenvalue weighted by Crippen LogP contribution is 2.40. The molecule has 0 bridgehead atoms. The van der Waals surface area contributed by atoms with Crippen LogP contribution in [0.3, 0.4) is 0 Å². The maximum absolute atomic E-state index is 5.92. The van der Waals surface area contributed by atoms with Gasteiger partial charge < -0.3 is 9.47 Å². The molecule has 1 atom stereocenters. The third-order valence-corrected chi connectivity index (χ3v) is 3.04. The lowest BCUT2D eigenvalue weighted by molar-refractivity contribution is 0.157. The zero-order chi connectivity index (χ0) is 11.1. The van der Waals surface area contributed by atoms with Crippen molar-refractivity contribution in [3.63, 3.8) is 0 Å². The van der Waals surface area contributed by atoms with Crippen LogP contribution in [0.25, 0.3) is 0 Å². The van der Waals surface area contributed by atoms with Crippen LogP contribution in [0.15, 0.2) is 30.4 Å². The second kappa shape index (κ2) is 3.30. The number of rotatable bonds is 2. The highest BCUT2D eigenvalue weighted by atomic mass is 16.5. The standard InChI is InChI=1S/C13H16O2/c1-9(2)13(3)8-10-5-6-11(14-4)7-12(10)15-13/h5-7H,1,8H2,2-4H3/t13-/m0/s1. The van der Waals surface area contributed by atoms with E-state index in [2.05, 4.69) is 19.6 Å². The van der Waals surface area contributed by atoms with E-state index in [1.54, 1.807) is 7.11 Å². The zero-order valence-electron chi connectivity index (χ0n) is 9.46. The van der Waals surface area contributed by atoms with Crippen LogP contribution in [0.1, 0.15) is 19.4 Å². The molecular formula is C13H16O2. The summed E-state index contributed by atoms with van der Waals surface area (Å²) in [5, 5.41) is 0. The van der Waals surface area contributed by atoms with Crippen LogP contribution in [0, 0.1) is 0 Å². The van der Waals surface area contributed by atoms with E-state index in [4.69, 9.17) is 9.47 Å². The molecule has 0 fully saturated rings. The van der Waals surface area contributed by atoms with Crippen LogP contribution in [0.2, 0.25) is 0 Å². The van der Waals surface area contributed by atoms with Gasteiger partial charge in [-0.25, -0.2) is 0 Å². The van der Waals surface area contributed by atoms with Gasteiger partial charge in [-0.2, -0.15) is 0 Å². The number of methoxy groups -OCH3 is 1. The van der Waals surface area contributed by atoms with Gasteiger partial charge in [0.2, 0.25) is 0 Å².